The van der Waals surface area contributed by atoms with Gasteiger partial charge in [0.25, 0.3) is 24.4 Å². The van der Waals surface area contributed by atoms with Crippen LogP contribution in [0.4, 0.5) is 28.9 Å². The summed E-state index contributed by atoms with van der Waals surface area (Å²) in [6, 6.07) is 10.8. The fourth-order valence-electron chi connectivity index (χ4n) is 3.50. The molecule has 0 fully saturated rings. The van der Waals surface area contributed by atoms with Gasteiger partial charge in [-0.25, -0.2) is 17.6 Å². The molecule has 2 aromatic heterocycles. The molecule has 204 valence electrons. The molecule has 0 aliphatic rings. The second-order valence-electron chi connectivity index (χ2n) is 8.05. The molecule has 0 unspecified atom stereocenters. The van der Waals surface area contributed by atoms with Crippen LogP contribution in [0.15, 0.2) is 52.9 Å². The molecule has 4 aromatic rings. The molecule has 2 aromatic carbocycles. The smallest absolute Gasteiger partial charge is 0.291 e. The molecule has 0 radical (unpaired) electrons. The van der Waals surface area contributed by atoms with E-state index in [1.807, 2.05) is 0 Å². The van der Waals surface area contributed by atoms with Crippen molar-refractivity contribution in [3.63, 3.8) is 0 Å². The summed E-state index contributed by atoms with van der Waals surface area (Å²) in [5.41, 5.74) is -1.60. The van der Waals surface area contributed by atoms with Crippen LogP contribution in [-0.4, -0.2) is 20.6 Å². The Morgan fingerprint density at radius 3 is 2.49 bits per heavy atom. The zero-order valence-corrected chi connectivity index (χ0v) is 21.1. The van der Waals surface area contributed by atoms with E-state index >= 15 is 0 Å². The van der Waals surface area contributed by atoms with Crippen LogP contribution in [0, 0.1) is 17.0 Å². The van der Waals surface area contributed by atoms with Crippen molar-refractivity contribution in [2.24, 2.45) is 0 Å². The normalized spacial score (nSPS) is 11.3. The van der Waals surface area contributed by atoms with Crippen molar-refractivity contribution in [2.75, 3.05) is 5.32 Å². The monoisotopic (exact) mass is 586 g/mol. The van der Waals surface area contributed by atoms with Crippen LogP contribution in [0.1, 0.15) is 46.1 Å². The summed E-state index contributed by atoms with van der Waals surface area (Å²) in [5.74, 6) is -0.800. The lowest BCUT2D eigenvalue weighted by atomic mass is 10.2. The van der Waals surface area contributed by atoms with Crippen LogP contribution in [-0.2, 0) is 6.54 Å². The predicted octanol–water partition coefficient (Wildman–Crippen LogP) is 7.97. The number of hydrogen-bond acceptors (Lipinski definition) is 6. The molecule has 0 aliphatic carbocycles. The summed E-state index contributed by atoms with van der Waals surface area (Å²) in [6.07, 6.45) is -6.38. The van der Waals surface area contributed by atoms with Gasteiger partial charge in [0.05, 0.1) is 28.2 Å². The maximum absolute atomic E-state index is 13.4. The molecule has 2 heterocycles. The van der Waals surface area contributed by atoms with Crippen molar-refractivity contribution in [1.29, 1.82) is 0 Å². The number of aryl methyl sites for hydroxylation is 1. The summed E-state index contributed by atoms with van der Waals surface area (Å²) in [7, 11) is 0. The Morgan fingerprint density at radius 2 is 1.85 bits per heavy atom. The molecular weight excluding hydrogens is 571 g/mol. The average molecular weight is 587 g/mol. The fraction of sp³-hybridized carbons (Fsp3) is 0.167. The van der Waals surface area contributed by atoms with E-state index in [0.29, 0.717) is 21.0 Å². The molecule has 0 saturated heterocycles. The quantitative estimate of drug-likeness (QED) is 0.121. The number of hydrogen-bond donors (Lipinski definition) is 1. The van der Waals surface area contributed by atoms with Crippen LogP contribution in [0.3, 0.4) is 0 Å². The number of carbonyl (C=O) groups is 1. The molecule has 0 spiro atoms. The van der Waals surface area contributed by atoms with E-state index in [1.54, 1.807) is 25.1 Å². The summed E-state index contributed by atoms with van der Waals surface area (Å²) in [6.45, 7) is 1.23. The minimum absolute atomic E-state index is 0.00625. The van der Waals surface area contributed by atoms with Gasteiger partial charge in [0.2, 0.25) is 0 Å². The highest BCUT2D eigenvalue weighted by molar-refractivity contribution is 6.32. The van der Waals surface area contributed by atoms with E-state index in [-0.39, 0.29) is 28.6 Å². The molecule has 0 bridgehead atoms. The lowest BCUT2D eigenvalue weighted by Crippen LogP contribution is -2.11. The van der Waals surface area contributed by atoms with E-state index in [1.165, 1.54) is 18.2 Å². The minimum atomic E-state index is -3.20. The first kappa shape index (κ1) is 27.9. The van der Waals surface area contributed by atoms with Crippen molar-refractivity contribution in [3.8, 4) is 11.5 Å². The molecule has 4 rings (SSSR count). The van der Waals surface area contributed by atoms with Gasteiger partial charge in [-0.1, -0.05) is 23.2 Å². The Kier molecular flexibility index (Phi) is 8.11. The summed E-state index contributed by atoms with van der Waals surface area (Å²) in [4.78, 5) is 23.5. The van der Waals surface area contributed by atoms with Crippen molar-refractivity contribution in [1.82, 2.24) is 9.78 Å². The number of nitrogens with zero attached hydrogens (tertiary/aromatic N) is 3. The third-order valence-corrected chi connectivity index (χ3v) is 6.10. The number of nitro groups is 1. The molecule has 0 aliphatic heterocycles. The van der Waals surface area contributed by atoms with Gasteiger partial charge in [0, 0.05) is 17.2 Å². The lowest BCUT2D eigenvalue weighted by Gasteiger charge is -2.10. The van der Waals surface area contributed by atoms with Crippen molar-refractivity contribution >= 4 is 40.5 Å². The van der Waals surface area contributed by atoms with Gasteiger partial charge in [-0.15, -0.1) is 0 Å². The van der Waals surface area contributed by atoms with Gasteiger partial charge in [0.15, 0.2) is 5.76 Å². The number of alkyl halides is 4. The van der Waals surface area contributed by atoms with E-state index in [0.717, 1.165) is 12.1 Å². The number of furan rings is 1. The van der Waals surface area contributed by atoms with Gasteiger partial charge in [-0.05, 0) is 42.8 Å². The standard InChI is InChI=1S/C24H16Cl2F4N4O5/c1-11-6-14(2-4-17(11)25)38-16-8-12(7-13(9-16)34(36)37)31-24(35)18-5-3-15(39-18)10-33-21(23(29)30)19(26)20(32-33)22(27)28/h2-9,22-23H,10H2,1H3,(H,31,35). The maximum Gasteiger partial charge on any atom is 0.291 e. The number of carbonyl (C=O) groups excluding carboxylic acids is 1. The molecule has 9 nitrogen and oxygen atoms in total. The Morgan fingerprint density at radius 1 is 1.10 bits per heavy atom. The van der Waals surface area contributed by atoms with Crippen LogP contribution < -0.4 is 10.1 Å². The molecule has 15 heteroatoms. The third kappa shape index (κ3) is 6.32. The number of halogens is 6. The fourth-order valence-corrected chi connectivity index (χ4v) is 3.92. The van der Waals surface area contributed by atoms with Crippen molar-refractivity contribution < 1.29 is 36.4 Å². The minimum Gasteiger partial charge on any atom is -0.457 e. The zero-order chi connectivity index (χ0) is 28.4. The van der Waals surface area contributed by atoms with Crippen molar-refractivity contribution in [3.05, 3.63) is 97.2 Å². The van der Waals surface area contributed by atoms with E-state index in [9.17, 15) is 32.5 Å². The van der Waals surface area contributed by atoms with Gasteiger partial charge in [-0.2, -0.15) is 5.10 Å². The number of nitro benzene ring substituents is 1. The highest BCUT2D eigenvalue weighted by atomic mass is 35.5. The number of ether oxygens (including phenoxy) is 1. The first-order valence-electron chi connectivity index (χ1n) is 10.9. The largest absolute Gasteiger partial charge is 0.457 e. The zero-order valence-electron chi connectivity index (χ0n) is 19.6. The van der Waals surface area contributed by atoms with Crippen LogP contribution in [0.2, 0.25) is 10.0 Å². The number of amides is 1. The van der Waals surface area contributed by atoms with Gasteiger partial charge < -0.3 is 14.5 Å². The van der Waals surface area contributed by atoms with Crippen LogP contribution >= 0.6 is 23.2 Å². The van der Waals surface area contributed by atoms with Crippen molar-refractivity contribution in [2.45, 2.75) is 26.3 Å². The number of nitrogens with one attached hydrogen (secondary N) is 1. The van der Waals surface area contributed by atoms with Crippen LogP contribution in [0.25, 0.3) is 0 Å². The summed E-state index contributed by atoms with van der Waals surface area (Å²) < 4.78 is 64.5. The molecular formula is C24H16Cl2F4N4O5. The van der Waals surface area contributed by atoms with Crippen LogP contribution in [0.5, 0.6) is 11.5 Å². The predicted molar refractivity (Wildman–Crippen MR) is 132 cm³/mol. The molecule has 0 atom stereocenters. The Hall–Kier alpha value is -4.10. The van der Waals surface area contributed by atoms with Gasteiger partial charge in [0.1, 0.15) is 28.6 Å². The average Bonchev–Trinajstić information content (AvgIpc) is 3.46. The molecule has 0 saturated carbocycles. The highest BCUT2D eigenvalue weighted by Crippen LogP contribution is 2.35. The molecule has 1 amide bonds. The Bertz CT molecular complexity index is 1560. The number of benzene rings is 2. The van der Waals surface area contributed by atoms with Gasteiger partial charge >= 0.3 is 0 Å². The maximum atomic E-state index is 13.4. The summed E-state index contributed by atoms with van der Waals surface area (Å²) in [5, 5.41) is 16.9. The summed E-state index contributed by atoms with van der Waals surface area (Å²) >= 11 is 11.6. The highest BCUT2D eigenvalue weighted by Gasteiger charge is 2.28. The lowest BCUT2D eigenvalue weighted by molar-refractivity contribution is -0.384. The molecule has 39 heavy (non-hydrogen) atoms. The first-order valence-corrected chi connectivity index (χ1v) is 11.6. The topological polar surface area (TPSA) is 112 Å². The SMILES string of the molecule is Cc1cc(Oc2cc(NC(=O)c3ccc(Cn4nc(C(F)F)c(Cl)c4C(F)F)o3)cc([N+](=O)[O-])c2)ccc1Cl. The Balaban J connectivity index is 1.54. The number of aromatic nitrogens is 2. The second kappa shape index (κ2) is 11.3. The number of rotatable bonds is 9. The Labute approximate surface area is 227 Å². The third-order valence-electron chi connectivity index (χ3n) is 5.29. The second-order valence-corrected chi connectivity index (χ2v) is 8.83. The van der Waals surface area contributed by atoms with Gasteiger partial charge in [-0.3, -0.25) is 19.6 Å². The van der Waals surface area contributed by atoms with E-state index < -0.39 is 46.6 Å². The molecule has 1 N–H and O–H groups in total. The first-order chi connectivity index (χ1) is 18.4. The van der Waals surface area contributed by atoms with E-state index in [4.69, 9.17) is 32.4 Å². The van der Waals surface area contributed by atoms with E-state index in [2.05, 4.69) is 10.4 Å². The number of anilines is 1. The number of non-ortho nitro benzene ring substituents is 1.